The Morgan fingerprint density at radius 2 is 1.49 bits per heavy atom. The molecule has 208 valence electrons. The van der Waals surface area contributed by atoms with Gasteiger partial charge >= 0.3 is 0 Å². The predicted molar refractivity (Wildman–Crippen MR) is 165 cm³/mol. The lowest BCUT2D eigenvalue weighted by Gasteiger charge is -2.35. The fourth-order valence-corrected chi connectivity index (χ4v) is 5.33. The van der Waals surface area contributed by atoms with E-state index in [1.807, 2.05) is 82.3 Å². The van der Waals surface area contributed by atoms with E-state index in [2.05, 4.69) is 27.9 Å². The van der Waals surface area contributed by atoms with Gasteiger partial charge in [0.15, 0.2) is 0 Å². The minimum atomic E-state index is -3.79. The van der Waals surface area contributed by atoms with Gasteiger partial charge in [-0.3, -0.25) is 13.9 Å². The van der Waals surface area contributed by atoms with Gasteiger partial charge in [-0.1, -0.05) is 60.2 Å². The summed E-state index contributed by atoms with van der Waals surface area (Å²) in [6, 6.07) is 23.3. The molecule has 0 bridgehead atoms. The maximum Gasteiger partial charge on any atom is 0.244 e. The Morgan fingerprint density at radius 3 is 2.03 bits per heavy atom. The number of aryl methyl sites for hydroxylation is 1. The molecule has 0 aliphatic rings. The van der Waals surface area contributed by atoms with Crippen LogP contribution >= 0.6 is 22.6 Å². The number of carbonyl (C=O) groups excluding carboxylic acids is 2. The van der Waals surface area contributed by atoms with Crippen LogP contribution in [0, 0.1) is 10.5 Å². The molecule has 3 aromatic carbocycles. The molecule has 39 heavy (non-hydrogen) atoms. The molecule has 0 heterocycles. The van der Waals surface area contributed by atoms with Gasteiger partial charge in [0.1, 0.15) is 12.6 Å². The predicted octanol–water partition coefficient (Wildman–Crippen LogP) is 4.92. The maximum atomic E-state index is 14.1. The first kappa shape index (κ1) is 30.6. The van der Waals surface area contributed by atoms with Gasteiger partial charge in [0.2, 0.25) is 21.8 Å². The summed E-state index contributed by atoms with van der Waals surface area (Å²) in [5.41, 5.74) is 2.68. The first-order valence-corrected chi connectivity index (χ1v) is 15.6. The zero-order valence-corrected chi connectivity index (χ0v) is 26.0. The van der Waals surface area contributed by atoms with Crippen LogP contribution in [0.25, 0.3) is 0 Å². The Labute approximate surface area is 245 Å². The second kappa shape index (κ2) is 13.0. The Bertz CT molecular complexity index is 1370. The quantitative estimate of drug-likeness (QED) is 0.313. The number of amides is 2. The molecule has 3 rings (SSSR count). The molecular weight excluding hydrogens is 625 g/mol. The Kier molecular flexibility index (Phi) is 10.2. The third-order valence-corrected chi connectivity index (χ3v) is 7.90. The van der Waals surface area contributed by atoms with E-state index >= 15 is 0 Å². The fourth-order valence-electron chi connectivity index (χ4n) is 4.12. The number of halogens is 1. The SMILES string of the molecule is Cc1ccc(CN(C(=O)CN(c2ccc(I)cc2)S(C)(=O)=O)[C@H](Cc2ccccc2)C(=O)NC(C)(C)C)cc1. The summed E-state index contributed by atoms with van der Waals surface area (Å²) >= 11 is 2.14. The number of nitrogens with zero attached hydrogens (tertiary/aromatic N) is 2. The summed E-state index contributed by atoms with van der Waals surface area (Å²) in [4.78, 5) is 29.3. The molecule has 0 aliphatic heterocycles. The van der Waals surface area contributed by atoms with Gasteiger partial charge in [0.05, 0.1) is 11.9 Å². The van der Waals surface area contributed by atoms with Crippen LogP contribution in [-0.4, -0.2) is 49.5 Å². The summed E-state index contributed by atoms with van der Waals surface area (Å²) in [5.74, 6) is -0.767. The van der Waals surface area contributed by atoms with Crippen molar-refractivity contribution in [3.63, 3.8) is 0 Å². The molecule has 0 aliphatic carbocycles. The molecule has 9 heteroatoms. The fraction of sp³-hybridized carbons (Fsp3) is 0.333. The number of rotatable bonds is 10. The first-order valence-electron chi connectivity index (χ1n) is 12.7. The molecule has 0 radical (unpaired) electrons. The molecule has 0 aromatic heterocycles. The first-order chi connectivity index (χ1) is 18.2. The zero-order chi connectivity index (χ0) is 28.8. The minimum absolute atomic E-state index is 0.151. The molecule has 3 aromatic rings. The molecule has 0 fully saturated rings. The standard InChI is InChI=1S/C30H36IN3O4S/c1-22-11-13-24(14-12-22)20-33(27(29(36)32-30(2,3)4)19-23-9-7-6-8-10-23)28(35)21-34(39(5,37)38)26-17-15-25(31)16-18-26/h6-18,27H,19-21H2,1-5H3,(H,32,36)/t27-/m1/s1. The number of benzene rings is 3. The number of anilines is 1. The van der Waals surface area contributed by atoms with Crippen molar-refractivity contribution in [2.75, 3.05) is 17.1 Å². The molecule has 1 atom stereocenters. The molecule has 0 unspecified atom stereocenters. The van der Waals surface area contributed by atoms with Crippen LogP contribution in [-0.2, 0) is 32.6 Å². The van der Waals surface area contributed by atoms with E-state index in [1.54, 1.807) is 24.3 Å². The topological polar surface area (TPSA) is 86.8 Å². The van der Waals surface area contributed by atoms with Crippen LogP contribution in [0.2, 0.25) is 0 Å². The average Bonchev–Trinajstić information content (AvgIpc) is 2.85. The Hall–Kier alpha value is -2.92. The normalized spacial score (nSPS) is 12.5. The monoisotopic (exact) mass is 661 g/mol. The zero-order valence-electron chi connectivity index (χ0n) is 23.0. The van der Waals surface area contributed by atoms with Gasteiger partial charge in [-0.2, -0.15) is 0 Å². The van der Waals surface area contributed by atoms with Crippen LogP contribution in [0.4, 0.5) is 5.69 Å². The Balaban J connectivity index is 2.06. The summed E-state index contributed by atoms with van der Waals surface area (Å²) in [7, 11) is -3.79. The lowest BCUT2D eigenvalue weighted by atomic mass is 10.0. The maximum absolute atomic E-state index is 14.1. The molecule has 7 nitrogen and oxygen atoms in total. The van der Waals surface area contributed by atoms with E-state index in [-0.39, 0.29) is 18.9 Å². The molecular formula is C30H36IN3O4S. The van der Waals surface area contributed by atoms with Gasteiger partial charge in [-0.15, -0.1) is 0 Å². The lowest BCUT2D eigenvalue weighted by Crippen LogP contribution is -2.56. The van der Waals surface area contributed by atoms with Crippen LogP contribution in [0.5, 0.6) is 0 Å². The number of nitrogens with one attached hydrogen (secondary N) is 1. The summed E-state index contributed by atoms with van der Waals surface area (Å²) in [5, 5.41) is 3.03. The smallest absolute Gasteiger partial charge is 0.244 e. The molecule has 0 saturated carbocycles. The van der Waals surface area contributed by atoms with Crippen LogP contribution < -0.4 is 9.62 Å². The van der Waals surface area contributed by atoms with Crippen LogP contribution in [0.3, 0.4) is 0 Å². The van der Waals surface area contributed by atoms with E-state index in [4.69, 9.17) is 0 Å². The van der Waals surface area contributed by atoms with Crippen molar-refractivity contribution in [1.82, 2.24) is 10.2 Å². The van der Waals surface area contributed by atoms with Gasteiger partial charge < -0.3 is 10.2 Å². The third-order valence-electron chi connectivity index (χ3n) is 6.04. The van der Waals surface area contributed by atoms with E-state index in [9.17, 15) is 18.0 Å². The van der Waals surface area contributed by atoms with Gasteiger partial charge in [0, 0.05) is 22.1 Å². The number of hydrogen-bond acceptors (Lipinski definition) is 4. The summed E-state index contributed by atoms with van der Waals surface area (Å²) in [6.45, 7) is 7.36. The van der Waals surface area contributed by atoms with Gasteiger partial charge in [0.25, 0.3) is 0 Å². The van der Waals surface area contributed by atoms with E-state index in [1.165, 1.54) is 4.90 Å². The van der Waals surface area contributed by atoms with Crippen molar-refractivity contribution in [2.45, 2.75) is 52.2 Å². The van der Waals surface area contributed by atoms with Crippen molar-refractivity contribution in [2.24, 2.45) is 0 Å². The van der Waals surface area contributed by atoms with E-state index in [0.717, 1.165) is 30.8 Å². The second-order valence-electron chi connectivity index (χ2n) is 10.7. The number of sulfonamides is 1. The Morgan fingerprint density at radius 1 is 0.897 bits per heavy atom. The van der Waals surface area contributed by atoms with Crippen molar-refractivity contribution in [3.8, 4) is 0 Å². The van der Waals surface area contributed by atoms with Crippen LogP contribution in [0.1, 0.15) is 37.5 Å². The second-order valence-corrected chi connectivity index (χ2v) is 13.9. The minimum Gasteiger partial charge on any atom is -0.350 e. The van der Waals surface area contributed by atoms with E-state index in [0.29, 0.717) is 5.69 Å². The van der Waals surface area contributed by atoms with Crippen molar-refractivity contribution >= 4 is 50.1 Å². The highest BCUT2D eigenvalue weighted by Gasteiger charge is 2.34. The number of carbonyl (C=O) groups is 2. The highest BCUT2D eigenvalue weighted by molar-refractivity contribution is 14.1. The van der Waals surface area contributed by atoms with Crippen molar-refractivity contribution in [3.05, 3.63) is 99.1 Å². The van der Waals surface area contributed by atoms with Crippen molar-refractivity contribution < 1.29 is 18.0 Å². The molecule has 0 saturated heterocycles. The summed E-state index contributed by atoms with van der Waals surface area (Å²) in [6.07, 6.45) is 1.36. The molecule has 0 spiro atoms. The van der Waals surface area contributed by atoms with E-state index < -0.39 is 34.1 Å². The lowest BCUT2D eigenvalue weighted by molar-refractivity contribution is -0.140. The largest absolute Gasteiger partial charge is 0.350 e. The van der Waals surface area contributed by atoms with Crippen molar-refractivity contribution in [1.29, 1.82) is 0 Å². The third kappa shape index (κ3) is 9.35. The highest BCUT2D eigenvalue weighted by atomic mass is 127. The van der Waals surface area contributed by atoms with Gasteiger partial charge in [-0.25, -0.2) is 8.42 Å². The summed E-state index contributed by atoms with van der Waals surface area (Å²) < 4.78 is 27.7. The molecule has 2 amide bonds. The van der Waals surface area contributed by atoms with Crippen LogP contribution in [0.15, 0.2) is 78.9 Å². The average molecular weight is 662 g/mol. The van der Waals surface area contributed by atoms with Gasteiger partial charge in [-0.05, 0) is 85.7 Å². The molecule has 1 N–H and O–H groups in total. The number of hydrogen-bond donors (Lipinski definition) is 1. The highest BCUT2D eigenvalue weighted by Crippen LogP contribution is 2.22.